The first-order valence-corrected chi connectivity index (χ1v) is 11.9. The number of rotatable bonds is 4. The van der Waals surface area contributed by atoms with Crippen molar-refractivity contribution >= 4 is 34.7 Å². The number of hydrogen-bond donors (Lipinski definition) is 1. The molecule has 4 aliphatic heterocycles. The van der Waals surface area contributed by atoms with Crippen LogP contribution in [-0.2, 0) is 19.1 Å². The molecule has 6 rings (SSSR count). The van der Waals surface area contributed by atoms with Crippen LogP contribution in [-0.4, -0.2) is 54.0 Å². The summed E-state index contributed by atoms with van der Waals surface area (Å²) in [6.07, 6.45) is 3.71. The molecule has 2 aromatic rings. The Bertz CT molecular complexity index is 1190. The molecule has 3 fully saturated rings. The van der Waals surface area contributed by atoms with E-state index < -0.39 is 17.9 Å². The van der Waals surface area contributed by atoms with Gasteiger partial charge in [0.2, 0.25) is 17.7 Å². The lowest BCUT2D eigenvalue weighted by Crippen LogP contribution is -2.51. The van der Waals surface area contributed by atoms with Crippen LogP contribution < -0.4 is 10.2 Å². The van der Waals surface area contributed by atoms with Gasteiger partial charge in [-0.25, -0.2) is 0 Å². The summed E-state index contributed by atoms with van der Waals surface area (Å²) >= 11 is 0. The van der Waals surface area contributed by atoms with E-state index in [1.807, 2.05) is 66.4 Å². The zero-order valence-corrected chi connectivity index (χ0v) is 19.0. The molecule has 3 amide bonds. The number of anilines is 2. The number of nitrogens with zero attached hydrogens (tertiary/aromatic N) is 2. The second kappa shape index (κ2) is 8.09. The lowest BCUT2D eigenvalue weighted by Gasteiger charge is -2.38. The molecule has 7 heteroatoms. The van der Waals surface area contributed by atoms with Crippen molar-refractivity contribution in [2.75, 3.05) is 23.4 Å². The number of likely N-dealkylation sites (tertiary alicyclic amines) is 1. The molecular weight excluding hydrogens is 430 g/mol. The predicted octanol–water partition coefficient (Wildman–Crippen LogP) is 3.08. The largest absolute Gasteiger partial charge is 0.376 e. The maximum absolute atomic E-state index is 13.7. The van der Waals surface area contributed by atoms with Crippen molar-refractivity contribution < 1.29 is 19.1 Å². The maximum Gasteiger partial charge on any atom is 0.247 e. The second-order valence-electron chi connectivity index (χ2n) is 9.54. The predicted molar refractivity (Wildman–Crippen MR) is 128 cm³/mol. The molecule has 5 atom stereocenters. The molecule has 0 aliphatic carbocycles. The number of ether oxygens (including phenoxy) is 1. The number of para-hydroxylation sites is 2. The summed E-state index contributed by atoms with van der Waals surface area (Å²) in [7, 11) is 0. The standard InChI is InChI=1S/C27H27N3O4/c1-16-14-21-22-23(27(33)29(26(22)32)15-18-10-7-13-34-18)24(25(31)28-17-8-3-2-4-9-17)30(21)20-12-6-5-11-19(16)20/h2-6,8-9,11-12,14,18,21-24H,7,10,13,15H2,1H3,(H,28,31)/t18-,21+,22-,23+,24+/m0/s1. The summed E-state index contributed by atoms with van der Waals surface area (Å²) in [5, 5.41) is 2.99. The van der Waals surface area contributed by atoms with Crippen LogP contribution in [0.2, 0.25) is 0 Å². The summed E-state index contributed by atoms with van der Waals surface area (Å²) < 4.78 is 5.71. The van der Waals surface area contributed by atoms with Gasteiger partial charge in [-0.15, -0.1) is 0 Å². The van der Waals surface area contributed by atoms with Gasteiger partial charge in [-0.3, -0.25) is 19.3 Å². The molecule has 174 valence electrons. The van der Waals surface area contributed by atoms with Gasteiger partial charge >= 0.3 is 0 Å². The quantitative estimate of drug-likeness (QED) is 0.714. The van der Waals surface area contributed by atoms with Gasteiger partial charge in [0.25, 0.3) is 0 Å². The van der Waals surface area contributed by atoms with Crippen molar-refractivity contribution in [3.63, 3.8) is 0 Å². The third kappa shape index (κ3) is 3.18. The van der Waals surface area contributed by atoms with Crippen molar-refractivity contribution in [3.8, 4) is 0 Å². The third-order valence-corrected chi connectivity index (χ3v) is 7.57. The lowest BCUT2D eigenvalue weighted by atomic mass is 9.87. The fourth-order valence-corrected chi connectivity index (χ4v) is 6.07. The number of imide groups is 1. The van der Waals surface area contributed by atoms with Crippen molar-refractivity contribution in [2.45, 2.75) is 38.0 Å². The van der Waals surface area contributed by atoms with Gasteiger partial charge < -0.3 is 15.0 Å². The van der Waals surface area contributed by atoms with Crippen molar-refractivity contribution in [2.24, 2.45) is 11.8 Å². The highest BCUT2D eigenvalue weighted by Crippen LogP contribution is 2.50. The van der Waals surface area contributed by atoms with Crippen molar-refractivity contribution in [1.29, 1.82) is 0 Å². The van der Waals surface area contributed by atoms with E-state index in [2.05, 4.69) is 11.4 Å². The zero-order chi connectivity index (χ0) is 23.4. The fraction of sp³-hybridized carbons (Fsp3) is 0.370. The van der Waals surface area contributed by atoms with Gasteiger partial charge in [0.05, 0.1) is 30.5 Å². The summed E-state index contributed by atoms with van der Waals surface area (Å²) in [5.41, 5.74) is 3.63. The minimum atomic E-state index is -0.786. The van der Waals surface area contributed by atoms with Gasteiger partial charge in [-0.2, -0.15) is 0 Å². The van der Waals surface area contributed by atoms with Gasteiger partial charge in [0, 0.05) is 23.5 Å². The minimum Gasteiger partial charge on any atom is -0.376 e. The first kappa shape index (κ1) is 21.1. The number of allylic oxidation sites excluding steroid dienone is 1. The van der Waals surface area contributed by atoms with Crippen molar-refractivity contribution in [1.82, 2.24) is 4.90 Å². The Labute approximate surface area is 198 Å². The molecule has 7 nitrogen and oxygen atoms in total. The van der Waals surface area contributed by atoms with Crippen LogP contribution in [0, 0.1) is 11.8 Å². The summed E-state index contributed by atoms with van der Waals surface area (Å²) in [5.74, 6) is -2.07. The molecule has 4 heterocycles. The third-order valence-electron chi connectivity index (χ3n) is 7.57. The normalized spacial score (nSPS) is 29.6. The maximum atomic E-state index is 13.7. The molecular formula is C27H27N3O4. The van der Waals surface area contributed by atoms with Crippen LogP contribution >= 0.6 is 0 Å². The van der Waals surface area contributed by atoms with Crippen LogP contribution in [0.25, 0.3) is 5.57 Å². The Balaban J connectivity index is 1.41. The van der Waals surface area contributed by atoms with Gasteiger partial charge in [0.1, 0.15) is 6.04 Å². The Morgan fingerprint density at radius 3 is 2.53 bits per heavy atom. The van der Waals surface area contributed by atoms with Crippen molar-refractivity contribution in [3.05, 3.63) is 66.2 Å². The fourth-order valence-electron chi connectivity index (χ4n) is 6.07. The van der Waals surface area contributed by atoms with Crippen LogP contribution in [0.4, 0.5) is 11.4 Å². The molecule has 0 saturated carbocycles. The Kier molecular flexibility index (Phi) is 5.03. The molecule has 0 unspecified atom stereocenters. The van der Waals surface area contributed by atoms with E-state index >= 15 is 0 Å². The van der Waals surface area contributed by atoms with Gasteiger partial charge in [0.15, 0.2) is 0 Å². The van der Waals surface area contributed by atoms with Gasteiger partial charge in [-0.05, 0) is 43.5 Å². The first-order chi connectivity index (χ1) is 16.5. The number of fused-ring (bicyclic) bond motifs is 5. The summed E-state index contributed by atoms with van der Waals surface area (Å²) in [6.45, 7) is 2.95. The Morgan fingerprint density at radius 1 is 1.03 bits per heavy atom. The molecule has 0 aromatic heterocycles. The van der Waals surface area contributed by atoms with Crippen LogP contribution in [0.1, 0.15) is 25.3 Å². The van der Waals surface area contributed by atoms with E-state index in [4.69, 9.17) is 4.74 Å². The SMILES string of the molecule is CC1=C[C@@H]2[C@@H]3C(=O)N(C[C@@H]4CCCO4)C(=O)[C@H]3[C@H](C(=O)Nc3ccccc3)N2c2ccccc21. The van der Waals surface area contributed by atoms with E-state index in [1.54, 1.807) is 0 Å². The second-order valence-corrected chi connectivity index (χ2v) is 9.54. The van der Waals surface area contributed by atoms with Gasteiger partial charge in [-0.1, -0.05) is 42.5 Å². The number of carbonyl (C=O) groups is 3. The molecule has 2 aromatic carbocycles. The molecule has 3 saturated heterocycles. The van der Waals surface area contributed by atoms with E-state index in [0.717, 1.165) is 29.7 Å². The van der Waals surface area contributed by atoms with E-state index in [-0.39, 0.29) is 36.4 Å². The summed E-state index contributed by atoms with van der Waals surface area (Å²) in [6, 6.07) is 16.0. The topological polar surface area (TPSA) is 78.9 Å². The molecule has 34 heavy (non-hydrogen) atoms. The monoisotopic (exact) mass is 457 g/mol. The minimum absolute atomic E-state index is 0.121. The molecule has 0 spiro atoms. The Morgan fingerprint density at radius 2 is 1.76 bits per heavy atom. The van der Waals surface area contributed by atoms with E-state index in [1.165, 1.54) is 4.90 Å². The number of carbonyl (C=O) groups excluding carboxylic acids is 3. The highest BCUT2D eigenvalue weighted by atomic mass is 16.5. The average molecular weight is 458 g/mol. The number of nitrogens with one attached hydrogen (secondary N) is 1. The van der Waals surface area contributed by atoms with E-state index in [0.29, 0.717) is 12.3 Å². The highest BCUT2D eigenvalue weighted by molar-refractivity contribution is 6.12. The first-order valence-electron chi connectivity index (χ1n) is 11.9. The van der Waals surface area contributed by atoms with Crippen LogP contribution in [0.15, 0.2) is 60.7 Å². The smallest absolute Gasteiger partial charge is 0.247 e. The number of hydrogen-bond acceptors (Lipinski definition) is 5. The number of benzene rings is 2. The zero-order valence-electron chi connectivity index (χ0n) is 19.0. The van der Waals surface area contributed by atoms with Crippen LogP contribution in [0.3, 0.4) is 0 Å². The molecule has 0 radical (unpaired) electrons. The average Bonchev–Trinajstić information content (AvgIpc) is 3.53. The molecule has 0 bridgehead atoms. The van der Waals surface area contributed by atoms with E-state index in [9.17, 15) is 14.4 Å². The summed E-state index contributed by atoms with van der Waals surface area (Å²) in [4.78, 5) is 44.4. The Hall–Kier alpha value is -3.45. The molecule has 4 aliphatic rings. The number of amides is 3. The highest BCUT2D eigenvalue weighted by Gasteiger charge is 2.64. The lowest BCUT2D eigenvalue weighted by molar-refractivity contribution is -0.142. The molecule has 1 N–H and O–H groups in total. The van der Waals surface area contributed by atoms with Crippen LogP contribution in [0.5, 0.6) is 0 Å².